The van der Waals surface area contributed by atoms with Crippen LogP contribution in [0.25, 0.3) is 26.5 Å². The van der Waals surface area contributed by atoms with Crippen molar-refractivity contribution in [3.8, 4) is 10.6 Å². The maximum Gasteiger partial charge on any atom is 0.292 e. The largest absolute Gasteiger partial charge is 0.449 e. The summed E-state index contributed by atoms with van der Waals surface area (Å²) in [6, 6.07) is 14.7. The number of para-hydroxylation sites is 1. The SMILES string of the molecule is CCc1nnc2sc(-c3ccc(NC(=O)c4oc5ccccc5c4Cl)cc3)nn12. The molecule has 0 aliphatic carbocycles. The Morgan fingerprint density at radius 2 is 1.97 bits per heavy atom. The summed E-state index contributed by atoms with van der Waals surface area (Å²) in [4.78, 5) is 13.4. The Balaban J connectivity index is 1.38. The van der Waals surface area contributed by atoms with Gasteiger partial charge in [0.2, 0.25) is 10.7 Å². The van der Waals surface area contributed by atoms with Crippen LogP contribution < -0.4 is 5.32 Å². The quantitative estimate of drug-likeness (QED) is 0.436. The molecular formula is C20H14ClN5O2S. The number of nitrogens with one attached hydrogen (secondary N) is 1. The van der Waals surface area contributed by atoms with Gasteiger partial charge in [-0.1, -0.05) is 42.0 Å². The number of fused-ring (bicyclic) bond motifs is 2. The number of anilines is 1. The normalized spacial score (nSPS) is 11.4. The highest BCUT2D eigenvalue weighted by atomic mass is 35.5. The molecule has 3 aromatic heterocycles. The Kier molecular flexibility index (Phi) is 4.30. The summed E-state index contributed by atoms with van der Waals surface area (Å²) in [5.74, 6) is 0.525. The summed E-state index contributed by atoms with van der Waals surface area (Å²) in [7, 11) is 0. The summed E-state index contributed by atoms with van der Waals surface area (Å²) in [5, 5.41) is 17.5. The van der Waals surface area contributed by atoms with E-state index >= 15 is 0 Å². The number of hydrogen-bond donors (Lipinski definition) is 1. The minimum absolute atomic E-state index is 0.0951. The molecule has 29 heavy (non-hydrogen) atoms. The van der Waals surface area contributed by atoms with Crippen molar-refractivity contribution in [2.45, 2.75) is 13.3 Å². The van der Waals surface area contributed by atoms with Gasteiger partial charge in [0.1, 0.15) is 10.6 Å². The van der Waals surface area contributed by atoms with Gasteiger partial charge in [0.25, 0.3) is 5.91 Å². The Morgan fingerprint density at radius 1 is 1.17 bits per heavy atom. The Labute approximate surface area is 173 Å². The molecule has 0 bridgehead atoms. The van der Waals surface area contributed by atoms with Gasteiger partial charge in [0.05, 0.1) is 5.02 Å². The van der Waals surface area contributed by atoms with E-state index in [0.717, 1.165) is 27.8 Å². The molecule has 7 nitrogen and oxygen atoms in total. The van der Waals surface area contributed by atoms with Crippen molar-refractivity contribution in [2.75, 3.05) is 5.32 Å². The van der Waals surface area contributed by atoms with Crippen LogP contribution in [0.2, 0.25) is 5.02 Å². The Hall–Kier alpha value is -3.23. The van der Waals surface area contributed by atoms with Gasteiger partial charge in [0.15, 0.2) is 5.82 Å². The van der Waals surface area contributed by atoms with Gasteiger partial charge in [-0.15, -0.1) is 10.2 Å². The maximum atomic E-state index is 12.6. The number of aromatic nitrogens is 4. The van der Waals surface area contributed by atoms with Gasteiger partial charge in [-0.25, -0.2) is 0 Å². The lowest BCUT2D eigenvalue weighted by Crippen LogP contribution is -2.11. The van der Waals surface area contributed by atoms with E-state index in [1.54, 1.807) is 10.6 Å². The van der Waals surface area contributed by atoms with Crippen molar-refractivity contribution >= 4 is 50.5 Å². The summed E-state index contributed by atoms with van der Waals surface area (Å²) in [5.41, 5.74) is 2.14. The molecule has 0 fully saturated rings. The van der Waals surface area contributed by atoms with E-state index in [4.69, 9.17) is 16.0 Å². The second kappa shape index (κ2) is 6.98. The predicted octanol–water partition coefficient (Wildman–Crippen LogP) is 5.07. The van der Waals surface area contributed by atoms with Crippen LogP contribution >= 0.6 is 22.9 Å². The van der Waals surface area contributed by atoms with E-state index in [1.807, 2.05) is 49.4 Å². The van der Waals surface area contributed by atoms with Crippen LogP contribution in [0.1, 0.15) is 23.3 Å². The fourth-order valence-corrected chi connectivity index (χ4v) is 4.18. The zero-order chi connectivity index (χ0) is 20.0. The molecule has 0 aliphatic rings. The third-order valence-electron chi connectivity index (χ3n) is 4.50. The van der Waals surface area contributed by atoms with E-state index in [9.17, 15) is 4.79 Å². The van der Waals surface area contributed by atoms with Gasteiger partial charge in [0, 0.05) is 23.1 Å². The van der Waals surface area contributed by atoms with Crippen molar-refractivity contribution in [3.63, 3.8) is 0 Å². The number of furan rings is 1. The van der Waals surface area contributed by atoms with Gasteiger partial charge in [-0.2, -0.15) is 9.61 Å². The fourth-order valence-electron chi connectivity index (χ4n) is 3.04. The molecule has 5 aromatic rings. The van der Waals surface area contributed by atoms with Crippen LogP contribution in [0.15, 0.2) is 52.9 Å². The number of hydrogen-bond acceptors (Lipinski definition) is 6. The predicted molar refractivity (Wildman–Crippen MR) is 113 cm³/mol. The van der Waals surface area contributed by atoms with Gasteiger partial charge >= 0.3 is 0 Å². The van der Waals surface area contributed by atoms with Crippen molar-refractivity contribution < 1.29 is 9.21 Å². The van der Waals surface area contributed by atoms with Crippen molar-refractivity contribution in [3.05, 3.63) is 65.1 Å². The zero-order valence-electron chi connectivity index (χ0n) is 15.2. The summed E-state index contributed by atoms with van der Waals surface area (Å²) in [6.07, 6.45) is 0.764. The van der Waals surface area contributed by atoms with Crippen molar-refractivity contribution in [2.24, 2.45) is 0 Å². The second-order valence-electron chi connectivity index (χ2n) is 6.34. The lowest BCUT2D eigenvalue weighted by Gasteiger charge is -2.04. The average Bonchev–Trinajstić information content (AvgIpc) is 3.41. The first-order valence-corrected chi connectivity index (χ1v) is 10.1. The molecule has 0 spiro atoms. The highest BCUT2D eigenvalue weighted by Crippen LogP contribution is 2.31. The molecule has 1 N–H and O–H groups in total. The molecule has 0 atom stereocenters. The first-order chi connectivity index (χ1) is 14.1. The van der Waals surface area contributed by atoms with Crippen LogP contribution in [0.3, 0.4) is 0 Å². The van der Waals surface area contributed by atoms with Crippen LogP contribution in [0.5, 0.6) is 0 Å². The minimum Gasteiger partial charge on any atom is -0.449 e. The zero-order valence-corrected chi connectivity index (χ0v) is 16.8. The molecule has 0 unspecified atom stereocenters. The number of halogens is 1. The standard InChI is InChI=1S/C20H14ClN5O2S/c1-2-15-23-24-20-26(15)25-19(29-20)11-7-9-12(10-8-11)22-18(27)17-16(21)13-5-3-4-6-14(13)28-17/h3-10H,2H2,1H3,(H,22,27). The van der Waals surface area contributed by atoms with Gasteiger partial charge in [-0.3, -0.25) is 4.79 Å². The number of nitrogens with zero attached hydrogens (tertiary/aromatic N) is 4. The van der Waals surface area contributed by atoms with E-state index in [1.165, 1.54) is 11.3 Å². The summed E-state index contributed by atoms with van der Waals surface area (Å²) >= 11 is 7.77. The molecule has 144 valence electrons. The summed E-state index contributed by atoms with van der Waals surface area (Å²) in [6.45, 7) is 2.02. The third kappa shape index (κ3) is 3.06. The topological polar surface area (TPSA) is 85.3 Å². The van der Waals surface area contributed by atoms with E-state index < -0.39 is 5.91 Å². The number of amides is 1. The molecule has 9 heteroatoms. The first kappa shape index (κ1) is 17.8. The molecular weight excluding hydrogens is 410 g/mol. The van der Waals surface area contributed by atoms with Crippen molar-refractivity contribution in [1.29, 1.82) is 0 Å². The highest BCUT2D eigenvalue weighted by molar-refractivity contribution is 7.19. The molecule has 3 heterocycles. The first-order valence-electron chi connectivity index (χ1n) is 8.94. The average molecular weight is 424 g/mol. The van der Waals surface area contributed by atoms with Gasteiger partial charge in [-0.05, 0) is 36.4 Å². The van der Waals surface area contributed by atoms with Crippen LogP contribution in [-0.4, -0.2) is 25.7 Å². The van der Waals surface area contributed by atoms with Gasteiger partial charge < -0.3 is 9.73 Å². The lowest BCUT2D eigenvalue weighted by atomic mass is 10.2. The lowest BCUT2D eigenvalue weighted by molar-refractivity contribution is 0.0999. The number of rotatable bonds is 4. The van der Waals surface area contributed by atoms with E-state index in [2.05, 4.69) is 20.6 Å². The molecule has 2 aromatic carbocycles. The maximum absolute atomic E-state index is 12.6. The molecule has 0 aliphatic heterocycles. The van der Waals surface area contributed by atoms with Crippen molar-refractivity contribution in [1.82, 2.24) is 19.8 Å². The minimum atomic E-state index is -0.398. The van der Waals surface area contributed by atoms with Crippen LogP contribution in [0, 0.1) is 0 Å². The molecule has 1 amide bonds. The highest BCUT2D eigenvalue weighted by Gasteiger charge is 2.19. The third-order valence-corrected chi connectivity index (χ3v) is 5.83. The number of aryl methyl sites for hydroxylation is 1. The molecule has 0 saturated heterocycles. The van der Waals surface area contributed by atoms with Crippen LogP contribution in [-0.2, 0) is 6.42 Å². The van der Waals surface area contributed by atoms with E-state index in [-0.39, 0.29) is 5.76 Å². The Bertz CT molecular complexity index is 1350. The molecule has 5 rings (SSSR count). The smallest absolute Gasteiger partial charge is 0.292 e. The monoisotopic (exact) mass is 423 g/mol. The number of carbonyl (C=O) groups is 1. The number of carbonyl (C=O) groups excluding carboxylic acids is 1. The number of benzene rings is 2. The van der Waals surface area contributed by atoms with Crippen LogP contribution in [0.4, 0.5) is 5.69 Å². The van der Waals surface area contributed by atoms with E-state index in [0.29, 0.717) is 21.7 Å². The molecule has 0 saturated carbocycles. The Morgan fingerprint density at radius 3 is 2.72 bits per heavy atom. The second-order valence-corrected chi connectivity index (χ2v) is 7.68. The molecule has 0 radical (unpaired) electrons. The fraction of sp³-hybridized carbons (Fsp3) is 0.100. The summed E-state index contributed by atoms with van der Waals surface area (Å²) < 4.78 is 7.37.